The van der Waals surface area contributed by atoms with Crippen LogP contribution in [0.4, 0.5) is 22.0 Å². The number of rotatable bonds is 3. The minimum Gasteiger partial charge on any atom is -0.285 e. The normalized spacial score (nSPS) is 15.4. The zero-order valence-corrected chi connectivity index (χ0v) is 9.21. The van der Waals surface area contributed by atoms with E-state index in [0.29, 0.717) is 6.07 Å². The molecule has 0 aliphatic heterocycles. The van der Waals surface area contributed by atoms with Crippen molar-refractivity contribution in [1.29, 1.82) is 0 Å². The van der Waals surface area contributed by atoms with Crippen molar-refractivity contribution < 1.29 is 34.9 Å². The van der Waals surface area contributed by atoms with Crippen LogP contribution in [-0.4, -0.2) is 29.4 Å². The van der Waals surface area contributed by atoms with E-state index in [1.165, 1.54) is 0 Å². The van der Waals surface area contributed by atoms with Crippen LogP contribution < -0.4 is 0 Å². The highest BCUT2D eigenvalue weighted by molar-refractivity contribution is 7.86. The fourth-order valence-electron chi connectivity index (χ4n) is 1.26. The number of halogens is 5. The van der Waals surface area contributed by atoms with Crippen LogP contribution >= 0.6 is 0 Å². The maximum Gasteiger partial charge on any atom is 0.414 e. The lowest BCUT2D eigenvalue weighted by atomic mass is 10.1. The zero-order valence-electron chi connectivity index (χ0n) is 8.40. The van der Waals surface area contributed by atoms with Gasteiger partial charge in [-0.25, -0.2) is 0 Å². The summed E-state index contributed by atoms with van der Waals surface area (Å²) < 4.78 is 93.4. The Morgan fingerprint density at radius 3 is 2.06 bits per heavy atom. The second-order valence-electron chi connectivity index (χ2n) is 3.27. The molecule has 1 aromatic heterocycles. The maximum atomic E-state index is 13.5. The Kier molecular flexibility index (Phi) is 3.63. The van der Waals surface area contributed by atoms with Crippen LogP contribution in [0.5, 0.6) is 0 Å². The fraction of sp³-hybridized carbons (Fsp3) is 0.375. The highest BCUT2D eigenvalue weighted by Crippen LogP contribution is 2.42. The van der Waals surface area contributed by atoms with Crippen molar-refractivity contribution in [2.24, 2.45) is 0 Å². The minimum absolute atomic E-state index is 0.532. The SMILES string of the molecule is O=S(=O)(O)C(C(F)(F)F)C(F)(F)c1ccccn1. The van der Waals surface area contributed by atoms with Gasteiger partial charge in [0.2, 0.25) is 5.25 Å². The first-order valence-electron chi connectivity index (χ1n) is 4.29. The lowest BCUT2D eigenvalue weighted by Crippen LogP contribution is -2.48. The Balaban J connectivity index is 3.39. The number of hydrogen-bond acceptors (Lipinski definition) is 3. The van der Waals surface area contributed by atoms with Gasteiger partial charge in [0.25, 0.3) is 10.1 Å². The molecule has 0 saturated carbocycles. The molecule has 18 heavy (non-hydrogen) atoms. The lowest BCUT2D eigenvalue weighted by Gasteiger charge is -2.25. The van der Waals surface area contributed by atoms with Gasteiger partial charge in [-0.3, -0.25) is 9.54 Å². The van der Waals surface area contributed by atoms with Gasteiger partial charge in [0, 0.05) is 6.20 Å². The maximum absolute atomic E-state index is 13.5. The van der Waals surface area contributed by atoms with Crippen molar-refractivity contribution in [3.63, 3.8) is 0 Å². The average molecular weight is 291 g/mol. The molecule has 0 amide bonds. The number of hydrogen-bond donors (Lipinski definition) is 1. The second kappa shape index (κ2) is 4.43. The number of alkyl halides is 5. The fourth-order valence-corrected chi connectivity index (χ4v) is 2.09. The van der Waals surface area contributed by atoms with E-state index < -0.39 is 33.2 Å². The third kappa shape index (κ3) is 2.93. The van der Waals surface area contributed by atoms with E-state index in [1.807, 2.05) is 0 Å². The van der Waals surface area contributed by atoms with Crippen molar-refractivity contribution in [2.45, 2.75) is 17.3 Å². The first-order chi connectivity index (χ1) is 7.97. The molecule has 1 N–H and O–H groups in total. The Morgan fingerprint density at radius 1 is 1.17 bits per heavy atom. The van der Waals surface area contributed by atoms with Gasteiger partial charge in [-0.1, -0.05) is 6.07 Å². The summed E-state index contributed by atoms with van der Waals surface area (Å²) in [4.78, 5) is 2.97. The molecule has 0 radical (unpaired) electrons. The molecule has 0 saturated heterocycles. The van der Waals surface area contributed by atoms with Crippen LogP contribution in [0.1, 0.15) is 5.69 Å². The van der Waals surface area contributed by atoms with Crippen molar-refractivity contribution in [3.05, 3.63) is 30.1 Å². The molecule has 10 heteroatoms. The monoisotopic (exact) mass is 291 g/mol. The first kappa shape index (κ1) is 14.8. The Morgan fingerprint density at radius 2 is 1.72 bits per heavy atom. The molecule has 102 valence electrons. The summed E-state index contributed by atoms with van der Waals surface area (Å²) >= 11 is 0. The van der Waals surface area contributed by atoms with Crippen molar-refractivity contribution >= 4 is 10.1 Å². The van der Waals surface area contributed by atoms with E-state index in [1.54, 1.807) is 0 Å². The van der Waals surface area contributed by atoms with Crippen LogP contribution in [-0.2, 0) is 16.0 Å². The van der Waals surface area contributed by atoms with E-state index in [0.717, 1.165) is 18.3 Å². The van der Waals surface area contributed by atoms with Crippen molar-refractivity contribution in [1.82, 2.24) is 4.98 Å². The van der Waals surface area contributed by atoms with Gasteiger partial charge in [0.1, 0.15) is 5.69 Å². The largest absolute Gasteiger partial charge is 0.414 e. The molecule has 0 spiro atoms. The summed E-state index contributed by atoms with van der Waals surface area (Å²) in [5, 5.41) is -4.26. The summed E-state index contributed by atoms with van der Waals surface area (Å²) in [6.07, 6.45) is -5.06. The van der Waals surface area contributed by atoms with Crippen molar-refractivity contribution in [2.75, 3.05) is 0 Å². The standard InChI is InChI=1S/C8H6F5NO3S/c9-7(10,5-3-1-2-4-14-5)6(8(11,12)13)18(15,16)17/h1-4,6H,(H,15,16,17). The highest BCUT2D eigenvalue weighted by Gasteiger charge is 2.64. The molecule has 0 bridgehead atoms. The smallest absolute Gasteiger partial charge is 0.285 e. The predicted molar refractivity (Wildman–Crippen MR) is 49.5 cm³/mol. The lowest BCUT2D eigenvalue weighted by molar-refractivity contribution is -0.187. The molecule has 1 unspecified atom stereocenters. The Labute approximate surface area is 98.2 Å². The Hall–Kier alpha value is -1.29. The van der Waals surface area contributed by atoms with Crippen LogP contribution in [0, 0.1) is 0 Å². The summed E-state index contributed by atoms with van der Waals surface area (Å²) in [7, 11) is -6.04. The molecule has 0 aliphatic rings. The molecule has 0 fully saturated rings. The van der Waals surface area contributed by atoms with Gasteiger partial charge in [-0.15, -0.1) is 0 Å². The first-order valence-corrected chi connectivity index (χ1v) is 5.80. The van der Waals surface area contributed by atoms with Gasteiger partial charge in [-0.2, -0.15) is 30.4 Å². The van der Waals surface area contributed by atoms with Gasteiger partial charge in [0.05, 0.1) is 0 Å². The number of aromatic nitrogens is 1. The van der Waals surface area contributed by atoms with Crippen LogP contribution in [0.25, 0.3) is 0 Å². The zero-order chi connectivity index (χ0) is 14.2. The number of pyridine rings is 1. The summed E-state index contributed by atoms with van der Waals surface area (Å²) in [6, 6.07) is 2.66. The topological polar surface area (TPSA) is 67.3 Å². The third-order valence-electron chi connectivity index (χ3n) is 1.93. The van der Waals surface area contributed by atoms with Gasteiger partial charge in [-0.05, 0) is 12.1 Å². The van der Waals surface area contributed by atoms with Crippen LogP contribution in [0.2, 0.25) is 0 Å². The van der Waals surface area contributed by atoms with Gasteiger partial charge in [0.15, 0.2) is 0 Å². The highest BCUT2D eigenvalue weighted by atomic mass is 32.2. The molecule has 1 atom stereocenters. The third-order valence-corrected chi connectivity index (χ3v) is 3.09. The van der Waals surface area contributed by atoms with Crippen LogP contribution in [0.15, 0.2) is 24.4 Å². The molecule has 4 nitrogen and oxygen atoms in total. The molecule has 1 heterocycles. The van der Waals surface area contributed by atoms with E-state index in [4.69, 9.17) is 4.55 Å². The summed E-state index contributed by atoms with van der Waals surface area (Å²) in [5.74, 6) is -4.90. The van der Waals surface area contributed by atoms with Crippen LogP contribution in [0.3, 0.4) is 0 Å². The molecule has 0 aromatic carbocycles. The molecule has 1 rings (SSSR count). The predicted octanol–water partition coefficient (Wildman–Crippen LogP) is 1.99. The summed E-state index contributed by atoms with van der Waals surface area (Å²) in [5.41, 5.74) is -1.40. The molecule has 1 aromatic rings. The van der Waals surface area contributed by atoms with E-state index in [2.05, 4.69) is 4.98 Å². The van der Waals surface area contributed by atoms with Gasteiger partial charge >= 0.3 is 12.1 Å². The Bertz CT molecular complexity index is 513. The quantitative estimate of drug-likeness (QED) is 0.683. The average Bonchev–Trinajstić information content (AvgIpc) is 2.13. The molecule has 0 aliphatic carbocycles. The van der Waals surface area contributed by atoms with E-state index in [-0.39, 0.29) is 0 Å². The second-order valence-corrected chi connectivity index (χ2v) is 4.78. The molecular formula is C8H6F5NO3S. The van der Waals surface area contributed by atoms with E-state index in [9.17, 15) is 30.4 Å². The minimum atomic E-state index is -6.04. The van der Waals surface area contributed by atoms with Crippen molar-refractivity contribution in [3.8, 4) is 0 Å². The van der Waals surface area contributed by atoms with E-state index >= 15 is 0 Å². The molecular weight excluding hydrogens is 285 g/mol. The summed E-state index contributed by atoms with van der Waals surface area (Å²) in [6.45, 7) is 0. The van der Waals surface area contributed by atoms with Gasteiger partial charge < -0.3 is 0 Å². The number of nitrogens with zero attached hydrogens (tertiary/aromatic N) is 1.